The zero-order valence-electron chi connectivity index (χ0n) is 12.0. The zero-order chi connectivity index (χ0) is 15.7. The van der Waals surface area contributed by atoms with E-state index in [-0.39, 0.29) is 28.6 Å². The summed E-state index contributed by atoms with van der Waals surface area (Å²) < 4.78 is 40.5. The highest BCUT2D eigenvalue weighted by Gasteiger charge is 2.25. The number of halogens is 2. The Bertz CT molecular complexity index is 597. The fraction of sp³-hybridized carbons (Fsp3) is 0.538. The van der Waals surface area contributed by atoms with Crippen molar-refractivity contribution in [3.63, 3.8) is 0 Å². The molecule has 114 valence electrons. The third-order valence-electron chi connectivity index (χ3n) is 3.36. The van der Waals surface area contributed by atoms with Crippen molar-refractivity contribution in [2.75, 3.05) is 12.3 Å². The van der Waals surface area contributed by atoms with Crippen molar-refractivity contribution in [3.05, 3.63) is 23.0 Å². The van der Waals surface area contributed by atoms with Crippen molar-refractivity contribution in [1.29, 1.82) is 0 Å². The molecule has 0 amide bonds. The Morgan fingerprint density at radius 1 is 1.40 bits per heavy atom. The summed E-state index contributed by atoms with van der Waals surface area (Å²) in [4.78, 5) is -0.524. The van der Waals surface area contributed by atoms with Crippen molar-refractivity contribution < 1.29 is 12.8 Å². The monoisotopic (exact) mass is 322 g/mol. The van der Waals surface area contributed by atoms with Crippen LogP contribution < -0.4 is 10.5 Å². The van der Waals surface area contributed by atoms with Gasteiger partial charge >= 0.3 is 0 Å². The van der Waals surface area contributed by atoms with Crippen LogP contribution in [0, 0.1) is 17.2 Å². The van der Waals surface area contributed by atoms with Gasteiger partial charge in [0, 0.05) is 12.2 Å². The first kappa shape index (κ1) is 17.2. The molecule has 0 heterocycles. The number of hydrogen-bond acceptors (Lipinski definition) is 3. The van der Waals surface area contributed by atoms with Crippen LogP contribution in [-0.4, -0.2) is 15.0 Å². The van der Waals surface area contributed by atoms with Gasteiger partial charge in [-0.25, -0.2) is 17.5 Å². The highest BCUT2D eigenvalue weighted by molar-refractivity contribution is 7.89. The second kappa shape index (κ2) is 5.87. The summed E-state index contributed by atoms with van der Waals surface area (Å²) >= 11 is 5.61. The van der Waals surface area contributed by atoms with Gasteiger partial charge in [0.2, 0.25) is 10.0 Å². The first-order valence-corrected chi connectivity index (χ1v) is 8.05. The quantitative estimate of drug-likeness (QED) is 0.837. The van der Waals surface area contributed by atoms with Gasteiger partial charge in [-0.1, -0.05) is 39.3 Å². The van der Waals surface area contributed by atoms with E-state index in [0.717, 1.165) is 6.07 Å². The molecule has 1 atom stereocenters. The molecule has 4 nitrogen and oxygen atoms in total. The Kier molecular flexibility index (Phi) is 5.05. The number of hydrogen-bond donors (Lipinski definition) is 2. The molecule has 1 rings (SSSR count). The standard InChI is InChI=1S/C13H20ClFN2O2S/c1-8(13(2,3)4)7-17-20(18,19)11-6-9(16)5-10(14)12(11)15/h5-6,8,17H,7,16H2,1-4H3. The lowest BCUT2D eigenvalue weighted by atomic mass is 9.82. The van der Waals surface area contributed by atoms with E-state index in [4.69, 9.17) is 17.3 Å². The van der Waals surface area contributed by atoms with Crippen molar-refractivity contribution in [2.45, 2.75) is 32.6 Å². The first-order chi connectivity index (χ1) is 8.95. The molecule has 0 aliphatic rings. The minimum Gasteiger partial charge on any atom is -0.399 e. The van der Waals surface area contributed by atoms with Gasteiger partial charge in [-0.2, -0.15) is 0 Å². The number of nitrogens with one attached hydrogen (secondary N) is 1. The lowest BCUT2D eigenvalue weighted by molar-refractivity contribution is 0.263. The van der Waals surface area contributed by atoms with Crippen LogP contribution in [0.1, 0.15) is 27.7 Å². The van der Waals surface area contributed by atoms with Crippen LogP contribution in [0.5, 0.6) is 0 Å². The maximum absolute atomic E-state index is 13.8. The van der Waals surface area contributed by atoms with Gasteiger partial charge in [0.15, 0.2) is 5.82 Å². The van der Waals surface area contributed by atoms with Gasteiger partial charge in [-0.15, -0.1) is 0 Å². The molecule has 20 heavy (non-hydrogen) atoms. The molecular formula is C13H20ClFN2O2S. The van der Waals surface area contributed by atoms with E-state index >= 15 is 0 Å². The average Bonchev–Trinajstić information content (AvgIpc) is 2.29. The Labute approximate surface area is 124 Å². The van der Waals surface area contributed by atoms with E-state index in [1.54, 1.807) is 0 Å². The van der Waals surface area contributed by atoms with Crippen LogP contribution >= 0.6 is 11.6 Å². The van der Waals surface area contributed by atoms with E-state index in [2.05, 4.69) is 4.72 Å². The van der Waals surface area contributed by atoms with Gasteiger partial charge < -0.3 is 5.73 Å². The molecule has 1 unspecified atom stereocenters. The zero-order valence-corrected chi connectivity index (χ0v) is 13.6. The molecule has 0 aromatic heterocycles. The van der Waals surface area contributed by atoms with Gasteiger partial charge in [-0.3, -0.25) is 0 Å². The normalized spacial score (nSPS) is 14.3. The molecule has 0 saturated carbocycles. The Hall–Kier alpha value is -0.850. The smallest absolute Gasteiger partial charge is 0.243 e. The van der Waals surface area contributed by atoms with Crippen LogP contribution in [0.25, 0.3) is 0 Å². The van der Waals surface area contributed by atoms with Crippen molar-refractivity contribution in [3.8, 4) is 0 Å². The van der Waals surface area contributed by atoms with Crippen LogP contribution in [0.2, 0.25) is 5.02 Å². The number of nitrogen functional groups attached to an aromatic ring is 1. The van der Waals surface area contributed by atoms with Gasteiger partial charge in [0.25, 0.3) is 0 Å². The minimum absolute atomic E-state index is 0.0611. The molecule has 0 saturated heterocycles. The summed E-state index contributed by atoms with van der Waals surface area (Å²) in [5.74, 6) is -0.909. The third kappa shape index (κ3) is 4.07. The average molecular weight is 323 g/mol. The molecule has 3 N–H and O–H groups in total. The lowest BCUT2D eigenvalue weighted by Crippen LogP contribution is -2.34. The number of anilines is 1. The molecule has 0 fully saturated rings. The topological polar surface area (TPSA) is 72.2 Å². The number of rotatable bonds is 4. The van der Waals surface area contributed by atoms with E-state index in [1.807, 2.05) is 27.7 Å². The van der Waals surface area contributed by atoms with E-state index in [0.29, 0.717) is 0 Å². The predicted molar refractivity (Wildman–Crippen MR) is 79.6 cm³/mol. The van der Waals surface area contributed by atoms with Crippen molar-refractivity contribution in [2.24, 2.45) is 11.3 Å². The molecule has 1 aromatic rings. The second-order valence-corrected chi connectivity index (χ2v) is 8.08. The molecule has 0 aliphatic heterocycles. The highest BCUT2D eigenvalue weighted by atomic mass is 35.5. The summed E-state index contributed by atoms with van der Waals surface area (Å²) in [6.45, 7) is 8.14. The molecule has 0 radical (unpaired) electrons. The number of sulfonamides is 1. The first-order valence-electron chi connectivity index (χ1n) is 6.19. The molecule has 1 aromatic carbocycles. The molecular weight excluding hydrogens is 303 g/mol. The van der Waals surface area contributed by atoms with E-state index < -0.39 is 20.7 Å². The molecule has 7 heteroatoms. The predicted octanol–water partition coefficient (Wildman–Crippen LogP) is 3.02. The summed E-state index contributed by atoms with van der Waals surface area (Å²) in [5, 5.41) is -0.311. The molecule has 0 bridgehead atoms. The van der Waals surface area contributed by atoms with Gasteiger partial charge in [-0.05, 0) is 23.5 Å². The van der Waals surface area contributed by atoms with E-state index in [1.165, 1.54) is 6.07 Å². The fourth-order valence-electron chi connectivity index (χ4n) is 1.40. The van der Waals surface area contributed by atoms with Crippen LogP contribution in [0.15, 0.2) is 17.0 Å². The maximum Gasteiger partial charge on any atom is 0.243 e. The SMILES string of the molecule is CC(CNS(=O)(=O)c1cc(N)cc(Cl)c1F)C(C)(C)C. The second-order valence-electron chi connectivity index (χ2n) is 5.93. The number of nitrogens with two attached hydrogens (primary N) is 1. The van der Waals surface area contributed by atoms with Crippen molar-refractivity contribution >= 4 is 27.3 Å². The Morgan fingerprint density at radius 3 is 2.45 bits per heavy atom. The summed E-state index contributed by atoms with van der Waals surface area (Å²) in [6.07, 6.45) is 0. The third-order valence-corrected chi connectivity index (χ3v) is 5.06. The van der Waals surface area contributed by atoms with Crippen LogP contribution in [-0.2, 0) is 10.0 Å². The summed E-state index contributed by atoms with van der Waals surface area (Å²) in [7, 11) is -3.98. The summed E-state index contributed by atoms with van der Waals surface area (Å²) in [6, 6.07) is 2.24. The lowest BCUT2D eigenvalue weighted by Gasteiger charge is -2.27. The Balaban J connectivity index is 3.02. The fourth-order valence-corrected chi connectivity index (χ4v) is 2.94. The van der Waals surface area contributed by atoms with Gasteiger partial charge in [0.1, 0.15) is 4.90 Å². The molecule has 0 aliphatic carbocycles. The van der Waals surface area contributed by atoms with Crippen LogP contribution in [0.3, 0.4) is 0 Å². The van der Waals surface area contributed by atoms with Crippen molar-refractivity contribution in [1.82, 2.24) is 4.72 Å². The Morgan fingerprint density at radius 2 is 1.95 bits per heavy atom. The minimum atomic E-state index is -3.98. The van der Waals surface area contributed by atoms with E-state index in [9.17, 15) is 12.8 Å². The van der Waals surface area contributed by atoms with Gasteiger partial charge in [0.05, 0.1) is 5.02 Å². The highest BCUT2D eigenvalue weighted by Crippen LogP contribution is 2.27. The summed E-state index contributed by atoms with van der Waals surface area (Å²) in [5.41, 5.74) is 5.54. The number of benzene rings is 1. The largest absolute Gasteiger partial charge is 0.399 e. The van der Waals surface area contributed by atoms with Crippen LogP contribution in [0.4, 0.5) is 10.1 Å². The molecule has 0 spiro atoms. The maximum atomic E-state index is 13.8.